The van der Waals surface area contributed by atoms with E-state index in [2.05, 4.69) is 69.3 Å². The number of benzene rings is 3. The Balaban J connectivity index is 0.000000260. The van der Waals surface area contributed by atoms with Crippen LogP contribution in [0.15, 0.2) is 83.0 Å². The van der Waals surface area contributed by atoms with E-state index in [1.807, 2.05) is 65.8 Å². The fourth-order valence-electron chi connectivity index (χ4n) is 5.55. The van der Waals surface area contributed by atoms with E-state index in [1.165, 1.54) is 33.5 Å². The van der Waals surface area contributed by atoms with Crippen molar-refractivity contribution in [1.29, 1.82) is 0 Å². The predicted octanol–water partition coefficient (Wildman–Crippen LogP) is 10.2. The second-order valence-electron chi connectivity index (χ2n) is 13.8. The number of ketones is 1. The first-order valence-corrected chi connectivity index (χ1v) is 14.5. The average Bonchev–Trinajstić information content (AvgIpc) is 3.42. The molecule has 5 aromatic rings. The van der Waals surface area contributed by atoms with E-state index in [-0.39, 0.29) is 42.5 Å². The number of fused-ring (bicyclic) bond motifs is 6. The summed E-state index contributed by atoms with van der Waals surface area (Å²) < 4.78 is 6.32. The molecule has 0 atom stereocenters. The average molecular weight is 751 g/mol. The van der Waals surface area contributed by atoms with Crippen molar-refractivity contribution < 1.29 is 34.4 Å². The first-order valence-electron chi connectivity index (χ1n) is 14.5. The smallest absolute Gasteiger partial charge is 0.164 e. The molecule has 1 aliphatic rings. The number of nitrogens with zero attached hydrogens (tertiary/aromatic N) is 1. The molecule has 0 fully saturated rings. The Bertz CT molecular complexity index is 1860. The number of allylic oxidation sites excluding steroid dienone is 2. The first kappa shape index (κ1) is 32.4. The summed E-state index contributed by atoms with van der Waals surface area (Å²) in [6, 6.07) is 26.5. The number of pyridine rings is 1. The molecule has 0 saturated heterocycles. The Morgan fingerprint density at radius 1 is 0.907 bits per heavy atom. The number of furan rings is 1. The van der Waals surface area contributed by atoms with E-state index in [9.17, 15) is 9.90 Å². The quantitative estimate of drug-likeness (QED) is 0.111. The molecular weight excluding hydrogens is 711 g/mol. The molecule has 5 heteroatoms. The molecule has 225 valence electrons. The van der Waals surface area contributed by atoms with Gasteiger partial charge in [-0.3, -0.25) is 9.78 Å². The van der Waals surface area contributed by atoms with E-state index in [4.69, 9.17) is 9.40 Å². The molecule has 0 amide bonds. The van der Waals surface area contributed by atoms with Gasteiger partial charge in [-0.25, -0.2) is 0 Å². The van der Waals surface area contributed by atoms with E-state index in [1.54, 1.807) is 0 Å². The summed E-state index contributed by atoms with van der Waals surface area (Å²) in [5, 5.41) is 11.9. The normalized spacial score (nSPS) is 14.0. The minimum atomic E-state index is -0.417. The number of para-hydroxylation sites is 2. The largest absolute Gasteiger partial charge is 0.512 e. The zero-order valence-corrected chi connectivity index (χ0v) is 28.9. The van der Waals surface area contributed by atoms with Crippen molar-refractivity contribution in [2.45, 2.75) is 67.7 Å². The molecule has 6 rings (SSSR count). The second-order valence-corrected chi connectivity index (χ2v) is 13.8. The molecular formula is C38H40IrNO3-. The van der Waals surface area contributed by atoms with Crippen molar-refractivity contribution in [3.63, 3.8) is 0 Å². The summed E-state index contributed by atoms with van der Waals surface area (Å²) in [5.41, 5.74) is 7.96. The number of carbonyl (C=O) groups is 1. The molecule has 3 aromatic carbocycles. The van der Waals surface area contributed by atoms with E-state index < -0.39 is 5.41 Å². The van der Waals surface area contributed by atoms with Gasteiger partial charge in [-0.05, 0) is 35.7 Å². The monoisotopic (exact) mass is 751 g/mol. The summed E-state index contributed by atoms with van der Waals surface area (Å²) in [6.07, 6.45) is 1.33. The zero-order chi connectivity index (χ0) is 30.6. The van der Waals surface area contributed by atoms with Crippen LogP contribution >= 0.6 is 0 Å². The standard InChI is InChI=1S/C27H20NO.C11H20O2.Ir/c1-16-15-22(28-21-13-6-4-9-17(16)21)18-11-8-12-20-24(18)27(2,3)25-19-10-5-7-14-23(19)29-26(20)25;1-10(2,3)8(12)7-9(13)11(4,5)6;/h4-10,12-15H,1-3H3;7,12H,1-6H3;/q-1;;/b;8-7-;. The summed E-state index contributed by atoms with van der Waals surface area (Å²) in [4.78, 5) is 16.5. The van der Waals surface area contributed by atoms with Crippen molar-refractivity contribution in [2.75, 3.05) is 0 Å². The first-order chi connectivity index (χ1) is 19.6. The molecule has 1 aliphatic carbocycles. The van der Waals surface area contributed by atoms with Crippen molar-refractivity contribution in [3.8, 4) is 22.6 Å². The molecule has 0 unspecified atom stereocenters. The van der Waals surface area contributed by atoms with Crippen LogP contribution < -0.4 is 0 Å². The number of hydrogen-bond donors (Lipinski definition) is 1. The topological polar surface area (TPSA) is 63.3 Å². The number of hydrogen-bond acceptors (Lipinski definition) is 4. The van der Waals surface area contributed by atoms with Crippen LogP contribution in [0.1, 0.15) is 72.1 Å². The second kappa shape index (κ2) is 11.5. The third-order valence-electron chi connectivity index (χ3n) is 8.04. The van der Waals surface area contributed by atoms with Gasteiger partial charge in [0.15, 0.2) is 5.78 Å². The van der Waals surface area contributed by atoms with Crippen LogP contribution in [0.4, 0.5) is 0 Å². The van der Waals surface area contributed by atoms with E-state index in [0.29, 0.717) is 0 Å². The van der Waals surface area contributed by atoms with Crippen molar-refractivity contribution in [3.05, 3.63) is 101 Å². The van der Waals surface area contributed by atoms with Crippen LogP contribution in [0.2, 0.25) is 0 Å². The predicted molar refractivity (Wildman–Crippen MR) is 173 cm³/mol. The number of aliphatic hydroxyl groups is 1. The Morgan fingerprint density at radius 2 is 1.53 bits per heavy atom. The maximum atomic E-state index is 11.5. The fourth-order valence-corrected chi connectivity index (χ4v) is 5.55. The molecule has 0 spiro atoms. The van der Waals surface area contributed by atoms with E-state index >= 15 is 0 Å². The molecule has 0 saturated carbocycles. The molecule has 4 nitrogen and oxygen atoms in total. The van der Waals surface area contributed by atoms with Gasteiger partial charge in [-0.2, -0.15) is 0 Å². The summed E-state index contributed by atoms with van der Waals surface area (Å²) >= 11 is 0. The molecule has 1 N–H and O–H groups in total. The van der Waals surface area contributed by atoms with Crippen molar-refractivity contribution >= 4 is 27.7 Å². The number of rotatable bonds is 2. The number of aliphatic hydroxyl groups excluding tert-OH is 1. The van der Waals surface area contributed by atoms with E-state index in [0.717, 1.165) is 33.7 Å². The van der Waals surface area contributed by atoms with Gasteiger partial charge in [0.2, 0.25) is 0 Å². The van der Waals surface area contributed by atoms with Gasteiger partial charge in [0, 0.05) is 53.3 Å². The van der Waals surface area contributed by atoms with Crippen LogP contribution in [-0.2, 0) is 30.3 Å². The summed E-state index contributed by atoms with van der Waals surface area (Å²) in [6.45, 7) is 17.8. The molecule has 1 radical (unpaired) electrons. The van der Waals surface area contributed by atoms with Crippen LogP contribution in [-0.4, -0.2) is 15.9 Å². The molecule has 0 aliphatic heterocycles. The molecule has 2 heterocycles. The third-order valence-corrected chi connectivity index (χ3v) is 8.04. The summed E-state index contributed by atoms with van der Waals surface area (Å²) in [5.74, 6) is 1.09. The summed E-state index contributed by atoms with van der Waals surface area (Å²) in [7, 11) is 0. The fraction of sp³-hybridized carbons (Fsp3) is 0.316. The van der Waals surface area contributed by atoms with Crippen LogP contribution in [0.25, 0.3) is 44.5 Å². The van der Waals surface area contributed by atoms with Crippen LogP contribution in [0.5, 0.6) is 0 Å². The Hall–Kier alpha value is -3.53. The third kappa shape index (κ3) is 5.98. The van der Waals surface area contributed by atoms with Gasteiger partial charge < -0.3 is 9.52 Å². The Labute approximate surface area is 268 Å². The van der Waals surface area contributed by atoms with Crippen LogP contribution in [0, 0.1) is 23.8 Å². The maximum absolute atomic E-state index is 11.5. The van der Waals surface area contributed by atoms with Gasteiger partial charge in [0.1, 0.15) is 17.1 Å². The minimum Gasteiger partial charge on any atom is -0.512 e. The van der Waals surface area contributed by atoms with Crippen molar-refractivity contribution in [2.24, 2.45) is 10.8 Å². The molecule has 0 bridgehead atoms. The molecule has 2 aromatic heterocycles. The Morgan fingerprint density at radius 3 is 2.19 bits per heavy atom. The van der Waals surface area contributed by atoms with Gasteiger partial charge in [0.05, 0.1) is 5.52 Å². The van der Waals surface area contributed by atoms with Crippen molar-refractivity contribution in [1.82, 2.24) is 4.98 Å². The molecule has 43 heavy (non-hydrogen) atoms. The maximum Gasteiger partial charge on any atom is 0.164 e. The zero-order valence-electron chi connectivity index (χ0n) is 26.5. The van der Waals surface area contributed by atoms with Gasteiger partial charge in [0.25, 0.3) is 0 Å². The minimum absolute atomic E-state index is 0. The Kier molecular flexibility index (Phi) is 8.68. The van der Waals surface area contributed by atoms with Gasteiger partial charge in [-0.15, -0.1) is 29.3 Å². The van der Waals surface area contributed by atoms with Gasteiger partial charge >= 0.3 is 0 Å². The number of aromatic nitrogens is 1. The van der Waals surface area contributed by atoms with Crippen LogP contribution in [0.3, 0.4) is 0 Å². The number of aryl methyl sites for hydroxylation is 1. The number of carbonyl (C=O) groups excluding carboxylic acids is 1. The van der Waals surface area contributed by atoms with Gasteiger partial charge in [-0.1, -0.05) is 103 Å². The SMILES string of the molecule is CC(C)(C)C(=O)/C=C(\O)C(C)(C)C.Cc1cc(-c2[c-]ccc3c2C(C)(C)c2c-3oc3ccccc23)nc2ccccc12.[Ir].